The summed E-state index contributed by atoms with van der Waals surface area (Å²) in [5.41, 5.74) is 0. The van der Waals surface area contributed by atoms with Crippen LogP contribution in [0.15, 0.2) is 0 Å². The Morgan fingerprint density at radius 1 is 1.25 bits per heavy atom. The standard InChI is InChI=1S/GeH2O.In.Sn.5H/c1-2;;;;;;;/h1H2;;;;;;;. The molecule has 0 aromatic heterocycles. The maximum atomic E-state index is 8.38. The fraction of sp³-hybridized carbons (Fsp3) is 0. The van der Waals surface area contributed by atoms with Gasteiger partial charge < -0.3 is 0 Å². The summed E-state index contributed by atoms with van der Waals surface area (Å²) in [5, 5.41) is 0. The molecule has 24 valence electrons. The van der Waals surface area contributed by atoms with E-state index in [9.17, 15) is 0 Å². The van der Waals surface area contributed by atoms with E-state index in [1.54, 1.807) is 0 Å². The van der Waals surface area contributed by atoms with E-state index in [1.807, 2.05) is 0 Å². The predicted octanol–water partition coefficient (Wildman–Crippen LogP) is -3.14. The predicted molar refractivity (Wildman–Crippen MR) is 27.7 cm³/mol. The topological polar surface area (TPSA) is 17.1 Å². The molecule has 0 aromatic carbocycles. The molecule has 0 N–H and O–H groups in total. The van der Waals surface area contributed by atoms with Crippen LogP contribution in [0.3, 0.4) is 0 Å². The van der Waals surface area contributed by atoms with Gasteiger partial charge in [-0.1, -0.05) is 0 Å². The Morgan fingerprint density at radius 2 is 1.25 bits per heavy atom. The summed E-state index contributed by atoms with van der Waals surface area (Å²) < 4.78 is 8.38. The number of rotatable bonds is 0. The minimum absolute atomic E-state index is 0. The molecule has 0 atom stereocenters. The number of hydrogen-bond donors (Lipinski definition) is 0. The van der Waals surface area contributed by atoms with Crippen LogP contribution in [0, 0.1) is 0 Å². The van der Waals surface area contributed by atoms with E-state index in [1.165, 1.54) is 0 Å². The van der Waals surface area contributed by atoms with Crippen LogP contribution in [0.1, 0.15) is 0 Å². The van der Waals surface area contributed by atoms with E-state index in [-0.39, 0.29) is 66.2 Å². The quantitative estimate of drug-likeness (QED) is 0.430. The molecular formula is H7GeInOSn. The Morgan fingerprint density at radius 3 is 1.25 bits per heavy atom. The van der Waals surface area contributed by atoms with E-state index < -0.39 is 0 Å². The van der Waals surface area contributed by atoms with Crippen molar-refractivity contribution in [2.45, 2.75) is 0 Å². The summed E-state index contributed by atoms with van der Waals surface area (Å²) in [7, 11) is 0. The van der Waals surface area contributed by atoms with E-state index in [0.717, 1.165) is 0 Å². The summed E-state index contributed by atoms with van der Waals surface area (Å²) >= 11 is 0.125. The summed E-state index contributed by atoms with van der Waals surface area (Å²) in [6.45, 7) is 0. The van der Waals surface area contributed by atoms with Crippen molar-refractivity contribution in [3.63, 3.8) is 0 Å². The second-order valence-electron chi connectivity index (χ2n) is 0. The first-order valence-electron chi connectivity index (χ1n) is 0.289. The Hall–Kier alpha value is 2.01. The molecule has 4 heavy (non-hydrogen) atoms. The van der Waals surface area contributed by atoms with Crippen molar-refractivity contribution in [1.29, 1.82) is 0 Å². The minimum atomic E-state index is 0. The van der Waals surface area contributed by atoms with E-state index in [2.05, 4.69) is 0 Å². The molecule has 0 amide bonds. The molecule has 0 bridgehead atoms. The normalized spacial score (nSPS) is 1.00. The molecule has 0 aliphatic heterocycles. The van der Waals surface area contributed by atoms with Crippen molar-refractivity contribution in [2.24, 2.45) is 0 Å². The zero-order valence-electron chi connectivity index (χ0n) is 1.82. The third kappa shape index (κ3) is 8.99. The molecule has 0 aliphatic carbocycles. The van der Waals surface area contributed by atoms with Crippen LogP contribution in [0.2, 0.25) is 0 Å². The fourth-order valence-electron chi connectivity index (χ4n) is 0. The summed E-state index contributed by atoms with van der Waals surface area (Å²) in [4.78, 5) is 0. The van der Waals surface area contributed by atoms with Crippen LogP contribution < -0.4 is 0 Å². The second-order valence-corrected chi connectivity index (χ2v) is 0. The first-order chi connectivity index (χ1) is 1.00. The van der Waals surface area contributed by atoms with Crippen molar-refractivity contribution < 1.29 is 3.78 Å². The second kappa shape index (κ2) is 19.9. The SMILES string of the molecule is [InH3].[O]=[GeH2].[SnH2]. The van der Waals surface area contributed by atoms with Gasteiger partial charge in [-0.2, -0.15) is 0 Å². The average molecular weight is 329 g/mol. The average Bonchev–Trinajstić information content (AvgIpc) is 1.00. The molecule has 0 fully saturated rings. The molecule has 0 saturated carbocycles. The molecule has 2 radical (unpaired) electrons. The Kier molecular flexibility index (Phi) is 82.9. The van der Waals surface area contributed by atoms with Crippen LogP contribution in [0.4, 0.5) is 0 Å². The molecule has 0 unspecified atom stereocenters. The van der Waals surface area contributed by atoms with Crippen molar-refractivity contribution in [1.82, 2.24) is 0 Å². The zero-order valence-corrected chi connectivity index (χ0v) is 8.83. The molecule has 0 heterocycles. The van der Waals surface area contributed by atoms with Crippen LogP contribution in [0.25, 0.3) is 0 Å². The third-order valence-electron chi connectivity index (χ3n) is 0. The Bertz CT molecular complexity index is 8.00. The molecule has 0 aliphatic rings. The van der Waals surface area contributed by atoms with Crippen molar-refractivity contribution in [3.8, 4) is 0 Å². The van der Waals surface area contributed by atoms with E-state index in [4.69, 9.17) is 3.78 Å². The summed E-state index contributed by atoms with van der Waals surface area (Å²) in [5.74, 6) is 0. The fourth-order valence-corrected chi connectivity index (χ4v) is 0. The van der Waals surface area contributed by atoms with Gasteiger partial charge in [0.1, 0.15) is 0 Å². The van der Waals surface area contributed by atoms with Gasteiger partial charge in [0.05, 0.1) is 0 Å². The third-order valence-corrected chi connectivity index (χ3v) is 0. The van der Waals surface area contributed by atoms with Crippen molar-refractivity contribution in [3.05, 3.63) is 0 Å². The van der Waals surface area contributed by atoms with E-state index >= 15 is 0 Å². The monoisotopic (exact) mass is 332 g/mol. The first-order valence-corrected chi connectivity index (χ1v) is 1.50. The van der Waals surface area contributed by atoms with Crippen LogP contribution in [0.5, 0.6) is 0 Å². The molecule has 0 saturated heterocycles. The van der Waals surface area contributed by atoms with Crippen LogP contribution in [-0.4, -0.2) is 66.2 Å². The summed E-state index contributed by atoms with van der Waals surface area (Å²) in [6.07, 6.45) is 0. The molecule has 0 aromatic rings. The van der Waals surface area contributed by atoms with Gasteiger partial charge in [0, 0.05) is 0 Å². The molecule has 4 heteroatoms. The molecule has 0 rings (SSSR count). The molecule has 0 spiro atoms. The maximum absolute atomic E-state index is 8.38. The van der Waals surface area contributed by atoms with E-state index in [0.29, 0.717) is 0 Å². The molecule has 1 nitrogen and oxygen atoms in total. The van der Waals surface area contributed by atoms with Crippen molar-refractivity contribution >= 4 is 66.2 Å². The van der Waals surface area contributed by atoms with Gasteiger partial charge in [-0.25, -0.2) is 0 Å². The van der Waals surface area contributed by atoms with Gasteiger partial charge in [0.2, 0.25) is 0 Å². The summed E-state index contributed by atoms with van der Waals surface area (Å²) in [6, 6.07) is 0. The van der Waals surface area contributed by atoms with Gasteiger partial charge in [-0.3, -0.25) is 0 Å². The van der Waals surface area contributed by atoms with Crippen molar-refractivity contribution in [2.75, 3.05) is 0 Å². The molecular weight excluding hydrogens is 322 g/mol. The van der Waals surface area contributed by atoms with Gasteiger partial charge in [0.15, 0.2) is 0 Å². The van der Waals surface area contributed by atoms with Gasteiger partial charge in [0.25, 0.3) is 0 Å². The zero-order chi connectivity index (χ0) is 2.00. The van der Waals surface area contributed by atoms with Gasteiger partial charge >= 0.3 is 70.0 Å². The first kappa shape index (κ1) is 16.6. The van der Waals surface area contributed by atoms with Gasteiger partial charge in [-0.15, -0.1) is 0 Å². The Balaban J connectivity index is -0.00000000500. The van der Waals surface area contributed by atoms with Gasteiger partial charge in [-0.05, 0) is 0 Å². The van der Waals surface area contributed by atoms with Crippen LogP contribution in [-0.2, 0) is 3.78 Å². The Labute approximate surface area is 69.1 Å². The number of hydrogen-bond acceptors (Lipinski definition) is 1. The van der Waals surface area contributed by atoms with Crippen LogP contribution >= 0.6 is 0 Å².